The van der Waals surface area contributed by atoms with E-state index in [2.05, 4.69) is 146 Å². The molecule has 0 saturated heterocycles. The highest BCUT2D eigenvalue weighted by molar-refractivity contribution is 9.10. The van der Waals surface area contributed by atoms with E-state index in [0.717, 1.165) is 32.2 Å². The molecular formula is C32H21BrN2S. The van der Waals surface area contributed by atoms with Crippen molar-refractivity contribution in [1.29, 1.82) is 0 Å². The van der Waals surface area contributed by atoms with Gasteiger partial charge in [0.15, 0.2) is 0 Å². The predicted molar refractivity (Wildman–Crippen MR) is 155 cm³/mol. The van der Waals surface area contributed by atoms with Crippen LogP contribution in [-0.4, -0.2) is 8.75 Å². The molecule has 0 N–H and O–H groups in total. The minimum Gasteiger partial charge on any atom is -0.172 e. The zero-order valence-corrected chi connectivity index (χ0v) is 21.7. The molecule has 0 amide bonds. The maximum Gasteiger partial charge on any atom is 0.119 e. The number of aromatic nitrogens is 2. The van der Waals surface area contributed by atoms with Crippen molar-refractivity contribution in [3.05, 3.63) is 154 Å². The Bertz CT molecular complexity index is 1610. The van der Waals surface area contributed by atoms with Gasteiger partial charge < -0.3 is 0 Å². The van der Waals surface area contributed by atoms with Gasteiger partial charge in [-0.15, -0.1) is 0 Å². The fourth-order valence-electron chi connectivity index (χ4n) is 4.61. The minimum atomic E-state index is 0.905. The highest BCUT2D eigenvalue weighted by atomic mass is 79.9. The van der Waals surface area contributed by atoms with Gasteiger partial charge in [0.25, 0.3) is 0 Å². The van der Waals surface area contributed by atoms with Crippen molar-refractivity contribution < 1.29 is 0 Å². The van der Waals surface area contributed by atoms with Crippen molar-refractivity contribution in [3.8, 4) is 11.1 Å². The molecule has 0 aliphatic carbocycles. The molecule has 0 saturated carbocycles. The van der Waals surface area contributed by atoms with Crippen LogP contribution in [0.2, 0.25) is 0 Å². The van der Waals surface area contributed by atoms with Crippen LogP contribution in [0.25, 0.3) is 33.3 Å². The smallest absolute Gasteiger partial charge is 0.119 e. The molecule has 2 nitrogen and oxygen atoms in total. The molecular weight excluding hydrogens is 524 g/mol. The van der Waals surface area contributed by atoms with E-state index in [-0.39, 0.29) is 0 Å². The molecule has 6 aromatic rings. The molecule has 1 heterocycles. The SMILES string of the molecule is Brc1ccc(-c2ccc(C(=C(c3ccccc3)c3ccccc3)c3ccccc3)cc2)c2nsnc12. The number of nitrogens with zero attached hydrogens (tertiary/aromatic N) is 2. The second-order valence-electron chi connectivity index (χ2n) is 8.48. The summed E-state index contributed by atoms with van der Waals surface area (Å²) < 4.78 is 9.99. The lowest BCUT2D eigenvalue weighted by Gasteiger charge is -2.18. The maximum atomic E-state index is 4.56. The number of rotatable bonds is 5. The monoisotopic (exact) mass is 544 g/mol. The number of fused-ring (bicyclic) bond motifs is 1. The molecule has 36 heavy (non-hydrogen) atoms. The Hall–Kier alpha value is -3.86. The van der Waals surface area contributed by atoms with Crippen LogP contribution in [-0.2, 0) is 0 Å². The van der Waals surface area contributed by atoms with Crippen molar-refractivity contribution >= 4 is 49.8 Å². The van der Waals surface area contributed by atoms with Crippen molar-refractivity contribution in [3.63, 3.8) is 0 Å². The summed E-state index contributed by atoms with van der Waals surface area (Å²) in [5.74, 6) is 0. The van der Waals surface area contributed by atoms with Gasteiger partial charge in [-0.2, -0.15) is 8.75 Å². The Morgan fingerprint density at radius 2 is 0.917 bits per heavy atom. The van der Waals surface area contributed by atoms with Gasteiger partial charge in [-0.05, 0) is 61.0 Å². The second kappa shape index (κ2) is 10.0. The normalized spacial score (nSPS) is 10.9. The summed E-state index contributed by atoms with van der Waals surface area (Å²) in [6, 6.07) is 44.9. The summed E-state index contributed by atoms with van der Waals surface area (Å²) >= 11 is 4.84. The lowest BCUT2D eigenvalue weighted by atomic mass is 9.85. The lowest BCUT2D eigenvalue weighted by molar-refractivity contribution is 1.50. The molecule has 0 unspecified atom stereocenters. The molecule has 0 spiro atoms. The molecule has 0 fully saturated rings. The Labute approximate surface area is 223 Å². The summed E-state index contributed by atoms with van der Waals surface area (Å²) in [6.07, 6.45) is 0. The van der Waals surface area contributed by atoms with Gasteiger partial charge in [-0.1, -0.05) is 121 Å². The van der Waals surface area contributed by atoms with E-state index in [4.69, 9.17) is 0 Å². The van der Waals surface area contributed by atoms with E-state index in [1.807, 2.05) is 6.07 Å². The van der Waals surface area contributed by atoms with Crippen LogP contribution in [0, 0.1) is 0 Å². The zero-order chi connectivity index (χ0) is 24.3. The van der Waals surface area contributed by atoms with Crippen molar-refractivity contribution in [2.75, 3.05) is 0 Å². The average molecular weight is 546 g/mol. The number of hydrogen-bond donors (Lipinski definition) is 0. The summed E-state index contributed by atoms with van der Waals surface area (Å²) in [5.41, 5.74) is 11.2. The first-order valence-corrected chi connectivity index (χ1v) is 13.2. The molecule has 0 aliphatic rings. The van der Waals surface area contributed by atoms with Gasteiger partial charge in [-0.3, -0.25) is 0 Å². The molecule has 0 atom stereocenters. The lowest BCUT2D eigenvalue weighted by Crippen LogP contribution is -1.97. The average Bonchev–Trinajstić information content (AvgIpc) is 3.45. The Morgan fingerprint density at radius 3 is 1.42 bits per heavy atom. The molecule has 5 aromatic carbocycles. The van der Waals surface area contributed by atoms with Crippen LogP contribution in [0.3, 0.4) is 0 Å². The number of halogens is 1. The third kappa shape index (κ3) is 4.30. The van der Waals surface area contributed by atoms with Crippen LogP contribution < -0.4 is 0 Å². The standard InChI is InChI=1S/C32H21BrN2S/c33-28-21-20-27(31-32(28)35-36-34-31)22-16-18-26(19-17-22)30(25-14-8-3-9-15-25)29(23-10-4-1-5-11-23)24-12-6-2-7-13-24/h1-21H. The molecule has 6 rings (SSSR count). The third-order valence-corrected chi connectivity index (χ3v) is 7.46. The fraction of sp³-hybridized carbons (Fsp3) is 0. The van der Waals surface area contributed by atoms with Gasteiger partial charge in [0, 0.05) is 10.0 Å². The maximum absolute atomic E-state index is 4.56. The quantitative estimate of drug-likeness (QED) is 0.202. The van der Waals surface area contributed by atoms with Crippen molar-refractivity contribution in [1.82, 2.24) is 8.75 Å². The zero-order valence-electron chi connectivity index (χ0n) is 19.3. The first-order chi connectivity index (χ1) is 17.8. The molecule has 0 bridgehead atoms. The summed E-state index contributed by atoms with van der Waals surface area (Å²) in [6.45, 7) is 0. The highest BCUT2D eigenvalue weighted by Crippen LogP contribution is 2.38. The van der Waals surface area contributed by atoms with E-state index in [1.165, 1.54) is 39.6 Å². The van der Waals surface area contributed by atoms with E-state index >= 15 is 0 Å². The van der Waals surface area contributed by atoms with E-state index in [0.29, 0.717) is 0 Å². The molecule has 4 heteroatoms. The largest absolute Gasteiger partial charge is 0.172 e. The second-order valence-corrected chi connectivity index (χ2v) is 9.86. The van der Waals surface area contributed by atoms with Gasteiger partial charge in [0.1, 0.15) is 11.0 Å². The van der Waals surface area contributed by atoms with Crippen LogP contribution in [0.4, 0.5) is 0 Å². The van der Waals surface area contributed by atoms with Gasteiger partial charge >= 0.3 is 0 Å². The predicted octanol–water partition coefficient (Wildman–Crippen LogP) is 9.13. The summed E-state index contributed by atoms with van der Waals surface area (Å²) in [7, 11) is 0. The minimum absolute atomic E-state index is 0.905. The first-order valence-electron chi connectivity index (χ1n) is 11.7. The first kappa shape index (κ1) is 22.6. The van der Waals surface area contributed by atoms with E-state index in [9.17, 15) is 0 Å². The van der Waals surface area contributed by atoms with Crippen LogP contribution >= 0.6 is 27.7 Å². The summed E-state index contributed by atoms with van der Waals surface area (Å²) in [5, 5.41) is 0. The molecule has 0 radical (unpaired) electrons. The number of benzene rings is 5. The third-order valence-electron chi connectivity index (χ3n) is 6.29. The molecule has 1 aromatic heterocycles. The molecule has 0 aliphatic heterocycles. The Morgan fingerprint density at radius 1 is 0.472 bits per heavy atom. The van der Waals surface area contributed by atoms with Crippen LogP contribution in [0.5, 0.6) is 0 Å². The number of hydrogen-bond acceptors (Lipinski definition) is 3. The summed E-state index contributed by atoms with van der Waals surface area (Å²) in [4.78, 5) is 0. The topological polar surface area (TPSA) is 25.8 Å². The van der Waals surface area contributed by atoms with Gasteiger partial charge in [0.05, 0.1) is 11.7 Å². The van der Waals surface area contributed by atoms with Crippen LogP contribution in [0.15, 0.2) is 132 Å². The van der Waals surface area contributed by atoms with E-state index < -0.39 is 0 Å². The Kier molecular flexibility index (Phi) is 6.29. The highest BCUT2D eigenvalue weighted by Gasteiger charge is 2.17. The Balaban J connectivity index is 1.57. The van der Waals surface area contributed by atoms with Crippen molar-refractivity contribution in [2.45, 2.75) is 0 Å². The fourth-order valence-corrected chi connectivity index (χ4v) is 5.71. The van der Waals surface area contributed by atoms with Crippen molar-refractivity contribution in [2.24, 2.45) is 0 Å². The van der Waals surface area contributed by atoms with Gasteiger partial charge in [-0.25, -0.2) is 0 Å². The van der Waals surface area contributed by atoms with Gasteiger partial charge in [0.2, 0.25) is 0 Å². The van der Waals surface area contributed by atoms with Crippen LogP contribution in [0.1, 0.15) is 22.3 Å². The van der Waals surface area contributed by atoms with E-state index in [1.54, 1.807) is 0 Å². The molecule has 172 valence electrons.